The minimum atomic E-state index is -3.62. The van der Waals surface area contributed by atoms with E-state index in [1.54, 1.807) is 18.2 Å². The molecular weight excluding hydrogens is 461 g/mol. The fourth-order valence-electron chi connectivity index (χ4n) is 3.87. The van der Waals surface area contributed by atoms with Crippen LogP contribution in [-0.4, -0.2) is 32.1 Å². The lowest BCUT2D eigenvalue weighted by Gasteiger charge is -2.17. The van der Waals surface area contributed by atoms with Gasteiger partial charge in [0.15, 0.2) is 5.58 Å². The SMILES string of the molecule is Cc1cc(S(=O)(=O)Nc2cccc(CN(C)CCCc3noc4cc(F)ccc34)c2)c(C)s1. The summed E-state index contributed by atoms with van der Waals surface area (Å²) < 4.78 is 46.8. The number of aromatic nitrogens is 1. The number of thiophene rings is 1. The highest BCUT2D eigenvalue weighted by atomic mass is 32.2. The van der Waals surface area contributed by atoms with Crippen molar-refractivity contribution in [2.75, 3.05) is 18.3 Å². The number of halogens is 1. The Labute approximate surface area is 197 Å². The van der Waals surface area contributed by atoms with E-state index in [2.05, 4.69) is 14.8 Å². The molecule has 4 aromatic rings. The van der Waals surface area contributed by atoms with Crippen molar-refractivity contribution in [2.45, 2.75) is 38.1 Å². The van der Waals surface area contributed by atoms with Crippen molar-refractivity contribution in [3.8, 4) is 0 Å². The third-order valence-electron chi connectivity index (χ3n) is 5.38. The predicted octanol–water partition coefficient (Wildman–Crippen LogP) is 5.51. The van der Waals surface area contributed by atoms with Crippen LogP contribution in [0.3, 0.4) is 0 Å². The second-order valence-electron chi connectivity index (χ2n) is 8.19. The minimum absolute atomic E-state index is 0.329. The van der Waals surface area contributed by atoms with Crippen LogP contribution in [0.2, 0.25) is 0 Å². The number of nitrogens with zero attached hydrogens (tertiary/aromatic N) is 2. The lowest BCUT2D eigenvalue weighted by Crippen LogP contribution is -2.20. The minimum Gasteiger partial charge on any atom is -0.356 e. The van der Waals surface area contributed by atoms with Crippen LogP contribution >= 0.6 is 11.3 Å². The summed E-state index contributed by atoms with van der Waals surface area (Å²) in [5.41, 5.74) is 2.85. The van der Waals surface area contributed by atoms with Gasteiger partial charge in [0.2, 0.25) is 0 Å². The molecule has 0 spiro atoms. The number of hydrogen-bond donors (Lipinski definition) is 1. The molecule has 174 valence electrons. The van der Waals surface area contributed by atoms with Crippen molar-refractivity contribution in [1.29, 1.82) is 0 Å². The van der Waals surface area contributed by atoms with Crippen molar-refractivity contribution in [3.05, 3.63) is 75.4 Å². The molecule has 6 nitrogen and oxygen atoms in total. The molecule has 2 heterocycles. The Morgan fingerprint density at radius 1 is 1.15 bits per heavy atom. The maximum atomic E-state index is 13.3. The van der Waals surface area contributed by atoms with Gasteiger partial charge in [-0.05, 0) is 76.2 Å². The molecule has 0 radical (unpaired) electrons. The van der Waals surface area contributed by atoms with E-state index in [0.29, 0.717) is 22.7 Å². The molecule has 0 saturated carbocycles. The van der Waals surface area contributed by atoms with Crippen molar-refractivity contribution in [1.82, 2.24) is 10.1 Å². The summed E-state index contributed by atoms with van der Waals surface area (Å²) in [4.78, 5) is 4.24. The van der Waals surface area contributed by atoms with Gasteiger partial charge >= 0.3 is 0 Å². The van der Waals surface area contributed by atoms with E-state index in [0.717, 1.165) is 45.8 Å². The number of sulfonamides is 1. The molecule has 0 aliphatic rings. The van der Waals surface area contributed by atoms with Crippen LogP contribution < -0.4 is 4.72 Å². The van der Waals surface area contributed by atoms with Gasteiger partial charge in [0, 0.05) is 33.4 Å². The second-order valence-corrected chi connectivity index (χ2v) is 11.3. The number of hydrogen-bond acceptors (Lipinski definition) is 6. The molecule has 9 heteroatoms. The summed E-state index contributed by atoms with van der Waals surface area (Å²) in [5.74, 6) is -0.338. The third kappa shape index (κ3) is 5.61. The first-order valence-corrected chi connectivity index (χ1v) is 12.9. The zero-order valence-electron chi connectivity index (χ0n) is 18.8. The highest BCUT2D eigenvalue weighted by Gasteiger charge is 2.19. The first kappa shape index (κ1) is 23.4. The second kappa shape index (κ2) is 9.62. The molecule has 0 fully saturated rings. The molecule has 4 rings (SSSR count). The van der Waals surface area contributed by atoms with Gasteiger partial charge in [-0.1, -0.05) is 17.3 Å². The summed E-state index contributed by atoms with van der Waals surface area (Å²) in [7, 11) is -1.60. The Morgan fingerprint density at radius 3 is 2.73 bits per heavy atom. The largest absolute Gasteiger partial charge is 0.356 e. The highest BCUT2D eigenvalue weighted by molar-refractivity contribution is 7.93. The third-order valence-corrected chi connectivity index (χ3v) is 7.98. The molecule has 33 heavy (non-hydrogen) atoms. The Balaban J connectivity index is 1.34. The van der Waals surface area contributed by atoms with E-state index < -0.39 is 10.0 Å². The molecule has 1 N–H and O–H groups in total. The average molecular weight is 488 g/mol. The summed E-state index contributed by atoms with van der Waals surface area (Å²) in [6.45, 7) is 5.21. The number of aryl methyl sites for hydroxylation is 3. The average Bonchev–Trinajstić information content (AvgIpc) is 3.30. The molecule has 2 aromatic carbocycles. The van der Waals surface area contributed by atoms with Crippen LogP contribution in [-0.2, 0) is 23.0 Å². The summed E-state index contributed by atoms with van der Waals surface area (Å²) in [6, 6.07) is 13.6. The van der Waals surface area contributed by atoms with E-state index >= 15 is 0 Å². The number of fused-ring (bicyclic) bond motifs is 1. The Hall–Kier alpha value is -2.75. The van der Waals surface area contributed by atoms with E-state index in [4.69, 9.17) is 4.52 Å². The molecule has 2 aromatic heterocycles. The zero-order chi connectivity index (χ0) is 23.6. The molecular formula is C24H26FN3O3S2. The van der Waals surface area contributed by atoms with Crippen LogP contribution in [0.15, 0.2) is 57.9 Å². The lowest BCUT2D eigenvalue weighted by atomic mass is 10.1. The maximum Gasteiger partial charge on any atom is 0.262 e. The monoisotopic (exact) mass is 487 g/mol. The van der Waals surface area contributed by atoms with E-state index in [1.165, 1.54) is 23.5 Å². The van der Waals surface area contributed by atoms with Gasteiger partial charge in [-0.2, -0.15) is 0 Å². The van der Waals surface area contributed by atoms with Gasteiger partial charge < -0.3 is 9.42 Å². The maximum absolute atomic E-state index is 13.3. The highest BCUT2D eigenvalue weighted by Crippen LogP contribution is 2.27. The quantitative estimate of drug-likeness (QED) is 0.337. The fraction of sp³-hybridized carbons (Fsp3) is 0.292. The van der Waals surface area contributed by atoms with Crippen molar-refractivity contribution >= 4 is 38.0 Å². The summed E-state index contributed by atoms with van der Waals surface area (Å²) in [6.07, 6.45) is 1.58. The fourth-order valence-corrected chi connectivity index (χ4v) is 6.47. The van der Waals surface area contributed by atoms with Gasteiger partial charge in [0.25, 0.3) is 10.0 Å². The van der Waals surface area contributed by atoms with Gasteiger partial charge in [-0.25, -0.2) is 12.8 Å². The molecule has 0 saturated heterocycles. The van der Waals surface area contributed by atoms with Crippen molar-refractivity contribution < 1.29 is 17.3 Å². The Bertz CT molecular complexity index is 1380. The van der Waals surface area contributed by atoms with Crippen LogP contribution in [0.4, 0.5) is 10.1 Å². The molecule has 0 bridgehead atoms. The topological polar surface area (TPSA) is 75.4 Å². The molecule has 0 atom stereocenters. The number of rotatable bonds is 9. The Kier molecular flexibility index (Phi) is 6.83. The van der Waals surface area contributed by atoms with Crippen LogP contribution in [0.1, 0.15) is 27.4 Å². The standard InChI is InChI=1S/C24H26FN3O3S2/c1-16-12-24(17(2)32-16)33(29,30)27-20-7-4-6-18(13-20)15-28(3)11-5-8-22-21-10-9-19(25)14-23(21)31-26-22/h4,6-7,9-10,12-14,27H,5,8,11,15H2,1-3H3. The smallest absolute Gasteiger partial charge is 0.262 e. The van der Waals surface area contributed by atoms with E-state index in [9.17, 15) is 12.8 Å². The van der Waals surface area contributed by atoms with Gasteiger partial charge in [0.1, 0.15) is 10.7 Å². The lowest BCUT2D eigenvalue weighted by molar-refractivity contribution is 0.320. The van der Waals surface area contributed by atoms with E-state index in [1.807, 2.05) is 39.1 Å². The van der Waals surface area contributed by atoms with Gasteiger partial charge in [0.05, 0.1) is 5.69 Å². The zero-order valence-corrected chi connectivity index (χ0v) is 20.4. The van der Waals surface area contributed by atoms with Crippen LogP contribution in [0, 0.1) is 19.7 Å². The van der Waals surface area contributed by atoms with Crippen LogP contribution in [0.5, 0.6) is 0 Å². The van der Waals surface area contributed by atoms with Crippen molar-refractivity contribution in [3.63, 3.8) is 0 Å². The van der Waals surface area contributed by atoms with Gasteiger partial charge in [-0.15, -0.1) is 11.3 Å². The number of anilines is 1. The first-order chi connectivity index (χ1) is 15.7. The predicted molar refractivity (Wildman–Crippen MR) is 130 cm³/mol. The Morgan fingerprint density at radius 2 is 1.97 bits per heavy atom. The molecule has 0 amide bonds. The number of benzene rings is 2. The van der Waals surface area contributed by atoms with Crippen LogP contribution in [0.25, 0.3) is 11.0 Å². The van der Waals surface area contributed by atoms with Crippen molar-refractivity contribution in [2.24, 2.45) is 0 Å². The first-order valence-electron chi connectivity index (χ1n) is 10.6. The number of nitrogens with one attached hydrogen (secondary N) is 1. The van der Waals surface area contributed by atoms with Gasteiger partial charge in [-0.3, -0.25) is 4.72 Å². The summed E-state index contributed by atoms with van der Waals surface area (Å²) in [5, 5.41) is 4.91. The molecule has 0 aliphatic heterocycles. The summed E-state index contributed by atoms with van der Waals surface area (Å²) >= 11 is 1.47. The molecule has 0 unspecified atom stereocenters. The normalized spacial score (nSPS) is 12.0. The molecule has 0 aliphatic carbocycles. The van der Waals surface area contributed by atoms with E-state index in [-0.39, 0.29) is 5.82 Å².